The molecule has 1 amide bonds. The van der Waals surface area contributed by atoms with Crippen LogP contribution in [0.2, 0.25) is 0 Å². The van der Waals surface area contributed by atoms with Crippen LogP contribution in [-0.4, -0.2) is 46.7 Å². The molecule has 0 aromatic heterocycles. The van der Waals surface area contributed by atoms with Gasteiger partial charge in [0.25, 0.3) is 11.6 Å². The molecule has 10 heteroatoms. The van der Waals surface area contributed by atoms with Gasteiger partial charge in [0.1, 0.15) is 5.69 Å². The molecule has 21 heavy (non-hydrogen) atoms. The van der Waals surface area contributed by atoms with Crippen LogP contribution in [0.5, 0.6) is 0 Å². The normalized spacial score (nSPS) is 12.8. The second-order valence-electron chi connectivity index (χ2n) is 4.27. The van der Waals surface area contributed by atoms with E-state index in [9.17, 15) is 28.1 Å². The Labute approximate surface area is 116 Å². The first-order valence-corrected chi connectivity index (χ1v) is 5.58. The number of rotatable bonds is 4. The van der Waals surface area contributed by atoms with Gasteiger partial charge >= 0.3 is 6.18 Å². The summed E-state index contributed by atoms with van der Waals surface area (Å²) < 4.78 is 36.6. The fourth-order valence-corrected chi connectivity index (χ4v) is 1.50. The van der Waals surface area contributed by atoms with Crippen molar-refractivity contribution in [3.63, 3.8) is 0 Å². The highest BCUT2D eigenvalue weighted by Crippen LogP contribution is 2.24. The number of nitrogens with two attached hydrogens (primary N) is 1. The van der Waals surface area contributed by atoms with Crippen molar-refractivity contribution < 1.29 is 28.0 Å². The Morgan fingerprint density at radius 2 is 2.10 bits per heavy atom. The first-order valence-electron chi connectivity index (χ1n) is 5.58. The van der Waals surface area contributed by atoms with Crippen LogP contribution in [0.3, 0.4) is 0 Å². The zero-order valence-corrected chi connectivity index (χ0v) is 10.8. The number of nitro groups is 1. The van der Waals surface area contributed by atoms with Crippen molar-refractivity contribution >= 4 is 17.3 Å². The van der Waals surface area contributed by atoms with Crippen molar-refractivity contribution in [2.75, 3.05) is 19.3 Å². The van der Waals surface area contributed by atoms with Gasteiger partial charge in [-0.2, -0.15) is 13.2 Å². The van der Waals surface area contributed by atoms with E-state index in [0.717, 1.165) is 25.2 Å². The quantitative estimate of drug-likeness (QED) is 0.493. The van der Waals surface area contributed by atoms with E-state index in [-0.39, 0.29) is 11.3 Å². The number of carbonyl (C=O) groups is 1. The lowest BCUT2D eigenvalue weighted by atomic mass is 10.1. The highest BCUT2D eigenvalue weighted by atomic mass is 19.4. The zero-order valence-electron chi connectivity index (χ0n) is 10.8. The highest BCUT2D eigenvalue weighted by Gasteiger charge is 2.39. The molecule has 0 saturated heterocycles. The van der Waals surface area contributed by atoms with Crippen LogP contribution in [0.4, 0.5) is 24.5 Å². The van der Waals surface area contributed by atoms with Crippen LogP contribution >= 0.6 is 0 Å². The second kappa shape index (κ2) is 5.95. The summed E-state index contributed by atoms with van der Waals surface area (Å²) in [7, 11) is 1.04. The van der Waals surface area contributed by atoms with Gasteiger partial charge in [-0.05, 0) is 12.1 Å². The molecule has 116 valence electrons. The molecule has 0 bridgehead atoms. The summed E-state index contributed by atoms with van der Waals surface area (Å²) in [5.41, 5.74) is 4.45. The third-order valence-electron chi connectivity index (χ3n) is 2.65. The first kappa shape index (κ1) is 16.7. The molecular formula is C11H12F3N3O4. The van der Waals surface area contributed by atoms with E-state index in [1.807, 2.05) is 0 Å². The minimum absolute atomic E-state index is 0.172. The van der Waals surface area contributed by atoms with Crippen molar-refractivity contribution in [1.29, 1.82) is 0 Å². The molecule has 0 aliphatic heterocycles. The molecule has 1 atom stereocenters. The van der Waals surface area contributed by atoms with Gasteiger partial charge in [0.15, 0.2) is 6.10 Å². The lowest BCUT2D eigenvalue weighted by Crippen LogP contribution is -2.41. The van der Waals surface area contributed by atoms with E-state index >= 15 is 0 Å². The number of likely N-dealkylation sites (N-methyl/N-ethyl adjacent to an activating group) is 1. The Balaban J connectivity index is 2.93. The smallest absolute Gasteiger partial charge is 0.393 e. The number of halogens is 3. The van der Waals surface area contributed by atoms with Gasteiger partial charge < -0.3 is 15.7 Å². The SMILES string of the molecule is CN(CC(O)C(F)(F)F)C(=O)c1ccc(N)c([N+](=O)[O-])c1. The van der Waals surface area contributed by atoms with Crippen LogP contribution in [-0.2, 0) is 0 Å². The summed E-state index contributed by atoms with van der Waals surface area (Å²) in [6, 6.07) is 3.13. The third-order valence-corrected chi connectivity index (χ3v) is 2.65. The molecule has 1 unspecified atom stereocenters. The van der Waals surface area contributed by atoms with Crippen LogP contribution in [0.1, 0.15) is 10.4 Å². The number of aliphatic hydroxyl groups excluding tert-OH is 1. The molecule has 0 aliphatic rings. The highest BCUT2D eigenvalue weighted by molar-refractivity contribution is 5.95. The van der Waals surface area contributed by atoms with Crippen LogP contribution in [0.25, 0.3) is 0 Å². The maximum absolute atomic E-state index is 12.2. The number of nitrogens with zero attached hydrogens (tertiary/aromatic N) is 2. The average molecular weight is 307 g/mol. The third kappa shape index (κ3) is 4.05. The predicted molar refractivity (Wildman–Crippen MR) is 66.5 cm³/mol. The monoisotopic (exact) mass is 307 g/mol. The molecule has 0 aliphatic carbocycles. The molecule has 7 nitrogen and oxygen atoms in total. The summed E-state index contributed by atoms with van der Waals surface area (Å²) in [6.07, 6.45) is -7.56. The minimum atomic E-state index is -4.86. The summed E-state index contributed by atoms with van der Waals surface area (Å²) in [5, 5.41) is 19.6. The second-order valence-corrected chi connectivity index (χ2v) is 4.27. The van der Waals surface area contributed by atoms with Crippen molar-refractivity contribution in [3.05, 3.63) is 33.9 Å². The molecule has 0 saturated carbocycles. The van der Waals surface area contributed by atoms with Crippen molar-refractivity contribution in [3.8, 4) is 0 Å². The van der Waals surface area contributed by atoms with Gasteiger partial charge in [-0.25, -0.2) is 0 Å². The number of aliphatic hydroxyl groups is 1. The number of carbonyl (C=O) groups excluding carboxylic acids is 1. The molecule has 0 radical (unpaired) electrons. The number of benzene rings is 1. The Morgan fingerprint density at radius 3 is 2.57 bits per heavy atom. The van der Waals surface area contributed by atoms with Crippen molar-refractivity contribution in [1.82, 2.24) is 4.90 Å². The molecular weight excluding hydrogens is 295 g/mol. The van der Waals surface area contributed by atoms with Gasteiger partial charge in [0.2, 0.25) is 0 Å². The lowest BCUT2D eigenvalue weighted by molar-refractivity contribution is -0.383. The topological polar surface area (TPSA) is 110 Å². The summed E-state index contributed by atoms with van der Waals surface area (Å²) in [5.74, 6) is -0.901. The first-order chi connectivity index (χ1) is 9.54. The summed E-state index contributed by atoms with van der Waals surface area (Å²) in [4.78, 5) is 22.4. The Morgan fingerprint density at radius 1 is 1.52 bits per heavy atom. The van der Waals surface area contributed by atoms with Gasteiger partial charge in [-0.3, -0.25) is 14.9 Å². The fraction of sp³-hybridized carbons (Fsp3) is 0.364. The van der Waals surface area contributed by atoms with E-state index in [2.05, 4.69) is 0 Å². The molecule has 0 heterocycles. The molecule has 1 aromatic rings. The molecule has 3 N–H and O–H groups in total. The number of nitrogen functional groups attached to an aromatic ring is 1. The number of anilines is 1. The van der Waals surface area contributed by atoms with E-state index in [1.54, 1.807) is 0 Å². The lowest BCUT2D eigenvalue weighted by Gasteiger charge is -2.22. The standard InChI is InChI=1S/C11H12F3N3O4/c1-16(5-9(18)11(12,13)14)10(19)6-2-3-7(15)8(4-6)17(20)21/h2-4,9,18H,5,15H2,1H3. The van der Waals surface area contributed by atoms with Crippen LogP contribution in [0, 0.1) is 10.1 Å². The number of hydrogen-bond acceptors (Lipinski definition) is 5. The maximum Gasteiger partial charge on any atom is 0.416 e. The Bertz CT molecular complexity index is 562. The van der Waals surface area contributed by atoms with E-state index < -0.39 is 35.3 Å². The summed E-state index contributed by atoms with van der Waals surface area (Å²) in [6.45, 7) is -0.986. The molecule has 0 spiro atoms. The molecule has 0 fully saturated rings. The van der Waals surface area contributed by atoms with E-state index in [1.165, 1.54) is 0 Å². The maximum atomic E-state index is 12.2. The predicted octanol–water partition coefficient (Wildman–Crippen LogP) is 1.17. The molecule has 1 aromatic carbocycles. The van der Waals surface area contributed by atoms with Crippen molar-refractivity contribution in [2.45, 2.75) is 12.3 Å². The van der Waals surface area contributed by atoms with Gasteiger partial charge in [-0.1, -0.05) is 0 Å². The number of hydrogen-bond donors (Lipinski definition) is 2. The number of amides is 1. The molecule has 1 rings (SSSR count). The largest absolute Gasteiger partial charge is 0.416 e. The number of alkyl halides is 3. The van der Waals surface area contributed by atoms with Gasteiger partial charge in [0.05, 0.1) is 11.5 Å². The Kier molecular flexibility index (Phi) is 4.73. The van der Waals surface area contributed by atoms with E-state index in [0.29, 0.717) is 4.90 Å². The fourth-order valence-electron chi connectivity index (χ4n) is 1.50. The van der Waals surface area contributed by atoms with Crippen molar-refractivity contribution in [2.24, 2.45) is 0 Å². The Hall–Kier alpha value is -2.36. The van der Waals surface area contributed by atoms with Gasteiger partial charge in [0, 0.05) is 18.7 Å². The average Bonchev–Trinajstić information content (AvgIpc) is 2.36. The van der Waals surface area contributed by atoms with Crippen LogP contribution in [0.15, 0.2) is 18.2 Å². The van der Waals surface area contributed by atoms with Crippen LogP contribution < -0.4 is 5.73 Å². The van der Waals surface area contributed by atoms with Gasteiger partial charge in [-0.15, -0.1) is 0 Å². The number of nitro benzene ring substituents is 1. The minimum Gasteiger partial charge on any atom is -0.393 e. The zero-order chi connectivity index (χ0) is 16.4. The summed E-state index contributed by atoms with van der Waals surface area (Å²) >= 11 is 0. The van der Waals surface area contributed by atoms with E-state index in [4.69, 9.17) is 10.8 Å².